The predicted octanol–water partition coefficient (Wildman–Crippen LogP) is 3.96. The van der Waals surface area contributed by atoms with Crippen molar-refractivity contribution in [2.75, 3.05) is 18.0 Å². The van der Waals surface area contributed by atoms with Gasteiger partial charge in [0.05, 0.1) is 0 Å². The highest BCUT2D eigenvalue weighted by Crippen LogP contribution is 2.20. The van der Waals surface area contributed by atoms with Crippen molar-refractivity contribution < 1.29 is 0 Å². The molecule has 1 aliphatic rings. The summed E-state index contributed by atoms with van der Waals surface area (Å²) in [7, 11) is 0. The maximum absolute atomic E-state index is 3.66. The largest absolute Gasteiger partial charge is 0.372 e. The number of benzene rings is 1. The van der Waals surface area contributed by atoms with Crippen LogP contribution < -0.4 is 10.2 Å². The van der Waals surface area contributed by atoms with E-state index in [-0.39, 0.29) is 0 Å². The molecule has 1 N–H and O–H groups in total. The van der Waals surface area contributed by atoms with Crippen molar-refractivity contribution in [3.8, 4) is 0 Å². The summed E-state index contributed by atoms with van der Waals surface area (Å²) in [5.74, 6) is 0. The van der Waals surface area contributed by atoms with Crippen molar-refractivity contribution in [3.63, 3.8) is 0 Å². The third kappa shape index (κ3) is 4.24. The number of hydrogen-bond acceptors (Lipinski definition) is 2. The van der Waals surface area contributed by atoms with Crippen LogP contribution in [0.15, 0.2) is 24.3 Å². The van der Waals surface area contributed by atoms with Crippen LogP contribution >= 0.6 is 0 Å². The lowest BCUT2D eigenvalue weighted by Gasteiger charge is -2.19. The molecule has 19 heavy (non-hydrogen) atoms. The fraction of sp³-hybridized carbons (Fsp3) is 0.647. The van der Waals surface area contributed by atoms with Crippen LogP contribution in [0.3, 0.4) is 0 Å². The van der Waals surface area contributed by atoms with Crippen LogP contribution in [0, 0.1) is 0 Å². The number of anilines is 1. The van der Waals surface area contributed by atoms with Crippen LogP contribution in [-0.4, -0.2) is 19.1 Å². The van der Waals surface area contributed by atoms with Crippen molar-refractivity contribution in [2.45, 2.75) is 58.5 Å². The van der Waals surface area contributed by atoms with Gasteiger partial charge in [-0.1, -0.05) is 32.4 Å². The summed E-state index contributed by atoms with van der Waals surface area (Å²) in [6.45, 7) is 7.98. The third-order valence-electron chi connectivity index (χ3n) is 4.13. The molecule has 1 unspecified atom stereocenters. The van der Waals surface area contributed by atoms with E-state index in [9.17, 15) is 0 Å². The molecule has 2 nitrogen and oxygen atoms in total. The Morgan fingerprint density at radius 1 is 1.11 bits per heavy atom. The zero-order valence-electron chi connectivity index (χ0n) is 12.5. The molecule has 1 aromatic rings. The Morgan fingerprint density at radius 3 is 2.37 bits per heavy atom. The highest BCUT2D eigenvalue weighted by atomic mass is 15.1. The molecular formula is C17H28N2. The maximum atomic E-state index is 3.66. The van der Waals surface area contributed by atoms with Crippen LogP contribution in [-0.2, 0) is 6.54 Å². The second-order valence-corrected chi connectivity index (χ2v) is 5.64. The second-order valence-electron chi connectivity index (χ2n) is 5.64. The van der Waals surface area contributed by atoms with Gasteiger partial charge in [0.25, 0.3) is 0 Å². The lowest BCUT2D eigenvalue weighted by atomic mass is 10.1. The van der Waals surface area contributed by atoms with Crippen LogP contribution in [0.4, 0.5) is 5.69 Å². The normalized spacial score (nSPS) is 16.8. The van der Waals surface area contributed by atoms with Gasteiger partial charge in [0, 0.05) is 31.4 Å². The predicted molar refractivity (Wildman–Crippen MR) is 83.7 cm³/mol. The number of hydrogen-bond donors (Lipinski definition) is 1. The Bertz CT molecular complexity index is 352. The van der Waals surface area contributed by atoms with E-state index in [0.29, 0.717) is 6.04 Å². The molecule has 1 fully saturated rings. The van der Waals surface area contributed by atoms with E-state index in [0.717, 1.165) is 6.54 Å². The first kappa shape index (κ1) is 14.4. The maximum Gasteiger partial charge on any atom is 0.0366 e. The smallest absolute Gasteiger partial charge is 0.0366 e. The van der Waals surface area contributed by atoms with Gasteiger partial charge >= 0.3 is 0 Å². The summed E-state index contributed by atoms with van der Waals surface area (Å²) in [5.41, 5.74) is 2.79. The topological polar surface area (TPSA) is 15.3 Å². The van der Waals surface area contributed by atoms with Crippen molar-refractivity contribution in [1.29, 1.82) is 0 Å². The molecule has 0 amide bonds. The Kier molecular flexibility index (Phi) is 5.71. The Morgan fingerprint density at radius 2 is 1.79 bits per heavy atom. The third-order valence-corrected chi connectivity index (χ3v) is 4.13. The molecule has 2 heteroatoms. The Hall–Kier alpha value is -1.02. The number of nitrogens with one attached hydrogen (secondary N) is 1. The molecule has 0 bridgehead atoms. The molecule has 0 saturated carbocycles. The van der Waals surface area contributed by atoms with E-state index in [1.807, 2.05) is 0 Å². The fourth-order valence-corrected chi connectivity index (χ4v) is 2.86. The highest BCUT2D eigenvalue weighted by Gasteiger charge is 2.11. The molecule has 0 aliphatic carbocycles. The first-order chi connectivity index (χ1) is 9.33. The average molecular weight is 260 g/mol. The molecule has 2 rings (SSSR count). The average Bonchev–Trinajstić information content (AvgIpc) is 2.98. The van der Waals surface area contributed by atoms with Crippen molar-refractivity contribution in [1.82, 2.24) is 5.32 Å². The van der Waals surface area contributed by atoms with Gasteiger partial charge < -0.3 is 10.2 Å². The van der Waals surface area contributed by atoms with E-state index >= 15 is 0 Å². The van der Waals surface area contributed by atoms with E-state index in [2.05, 4.69) is 48.3 Å². The molecule has 0 spiro atoms. The molecule has 0 aromatic heterocycles. The van der Waals surface area contributed by atoms with Crippen LogP contribution in [0.5, 0.6) is 0 Å². The van der Waals surface area contributed by atoms with E-state index in [4.69, 9.17) is 0 Å². The van der Waals surface area contributed by atoms with Crippen molar-refractivity contribution in [3.05, 3.63) is 29.8 Å². The molecule has 1 aliphatic heterocycles. The van der Waals surface area contributed by atoms with Gasteiger partial charge in [0.1, 0.15) is 0 Å². The van der Waals surface area contributed by atoms with E-state index in [1.165, 1.54) is 56.4 Å². The van der Waals surface area contributed by atoms with Gasteiger partial charge in [0.2, 0.25) is 0 Å². The van der Waals surface area contributed by atoms with Crippen molar-refractivity contribution >= 4 is 5.69 Å². The quantitative estimate of drug-likeness (QED) is 0.798. The van der Waals surface area contributed by atoms with Gasteiger partial charge in [-0.3, -0.25) is 0 Å². The van der Waals surface area contributed by atoms with Crippen LogP contribution in [0.2, 0.25) is 0 Å². The van der Waals surface area contributed by atoms with Gasteiger partial charge in [-0.2, -0.15) is 0 Å². The Labute approximate surface area is 118 Å². The minimum absolute atomic E-state index is 0.670. The molecule has 1 heterocycles. The first-order valence-corrected chi connectivity index (χ1v) is 7.90. The fourth-order valence-electron chi connectivity index (χ4n) is 2.86. The summed E-state index contributed by atoms with van der Waals surface area (Å²) < 4.78 is 0. The highest BCUT2D eigenvalue weighted by molar-refractivity contribution is 5.48. The molecule has 0 radical (unpaired) electrons. The molecule has 1 aromatic carbocycles. The Balaban J connectivity index is 1.84. The SMILES string of the molecule is CCCC(CC)NCc1ccc(N2CCCC2)cc1. The van der Waals surface area contributed by atoms with E-state index in [1.54, 1.807) is 0 Å². The summed E-state index contributed by atoms with van der Waals surface area (Å²) in [5, 5.41) is 3.66. The number of rotatable bonds is 7. The minimum atomic E-state index is 0.670. The minimum Gasteiger partial charge on any atom is -0.372 e. The first-order valence-electron chi connectivity index (χ1n) is 7.90. The van der Waals surface area contributed by atoms with Gasteiger partial charge in [-0.15, -0.1) is 0 Å². The number of nitrogens with zero attached hydrogens (tertiary/aromatic N) is 1. The zero-order valence-corrected chi connectivity index (χ0v) is 12.5. The van der Waals surface area contributed by atoms with Crippen LogP contribution in [0.1, 0.15) is 51.5 Å². The molecule has 106 valence electrons. The zero-order chi connectivity index (χ0) is 13.5. The van der Waals surface area contributed by atoms with Gasteiger partial charge in [0.15, 0.2) is 0 Å². The van der Waals surface area contributed by atoms with Gasteiger partial charge in [-0.25, -0.2) is 0 Å². The lowest BCUT2D eigenvalue weighted by molar-refractivity contribution is 0.462. The standard InChI is InChI=1S/C17H28N2/c1-3-7-16(4-2)18-14-15-8-10-17(11-9-15)19-12-5-6-13-19/h8-11,16,18H,3-7,12-14H2,1-2H3. The van der Waals surface area contributed by atoms with Gasteiger partial charge in [-0.05, 0) is 43.4 Å². The molecular weight excluding hydrogens is 232 g/mol. The molecule has 1 saturated heterocycles. The lowest BCUT2D eigenvalue weighted by Crippen LogP contribution is -2.27. The summed E-state index contributed by atoms with van der Waals surface area (Å²) in [6, 6.07) is 9.79. The monoisotopic (exact) mass is 260 g/mol. The summed E-state index contributed by atoms with van der Waals surface area (Å²) in [6.07, 6.45) is 6.46. The summed E-state index contributed by atoms with van der Waals surface area (Å²) in [4.78, 5) is 2.49. The summed E-state index contributed by atoms with van der Waals surface area (Å²) >= 11 is 0. The molecule has 1 atom stereocenters. The second kappa shape index (κ2) is 7.54. The van der Waals surface area contributed by atoms with Crippen LogP contribution in [0.25, 0.3) is 0 Å². The van der Waals surface area contributed by atoms with Crippen molar-refractivity contribution in [2.24, 2.45) is 0 Å². The van der Waals surface area contributed by atoms with E-state index < -0.39 is 0 Å².